The molecule has 2 aliphatic rings. The summed E-state index contributed by atoms with van der Waals surface area (Å²) in [5.41, 5.74) is 5.11. The van der Waals surface area contributed by atoms with Crippen molar-refractivity contribution in [2.75, 3.05) is 12.4 Å². The van der Waals surface area contributed by atoms with Gasteiger partial charge in [-0.25, -0.2) is 0 Å². The maximum absolute atomic E-state index is 13.2. The van der Waals surface area contributed by atoms with E-state index in [0.717, 1.165) is 53.7 Å². The van der Waals surface area contributed by atoms with Crippen LogP contribution in [0.4, 0.5) is 5.00 Å². The zero-order chi connectivity index (χ0) is 23.3. The van der Waals surface area contributed by atoms with Crippen molar-refractivity contribution in [3.8, 4) is 23.1 Å². The molecule has 0 spiro atoms. The summed E-state index contributed by atoms with van der Waals surface area (Å²) < 4.78 is 10.9. The van der Waals surface area contributed by atoms with Crippen LogP contribution in [0.25, 0.3) is 11.3 Å². The average molecular weight is 462 g/mol. The number of hydrogen-bond donors (Lipinski definition) is 1. The van der Waals surface area contributed by atoms with Gasteiger partial charge in [-0.05, 0) is 72.8 Å². The van der Waals surface area contributed by atoms with Crippen LogP contribution in [0.15, 0.2) is 22.7 Å². The molecule has 2 aliphatic carbocycles. The van der Waals surface area contributed by atoms with Crippen molar-refractivity contribution in [3.63, 3.8) is 0 Å². The molecular weight excluding hydrogens is 434 g/mol. The standard InChI is InChI=1S/C26H27N3O3S/c1-26(2,3)15-6-9-18-20(13-27)25(33-21(18)12-15)28-24(30)22-19-8-5-14-11-16(31-4)7-10-17(14)23(19)32-29-22/h7,10-11,15H,5-6,8-9,12H2,1-4H3,(H,28,30)/t15-/m0/s1. The number of carbonyl (C=O) groups is 1. The predicted octanol–water partition coefficient (Wildman–Crippen LogP) is 5.79. The first-order valence-electron chi connectivity index (χ1n) is 11.3. The molecule has 3 aromatic rings. The second kappa shape index (κ2) is 8.03. The van der Waals surface area contributed by atoms with E-state index in [0.29, 0.717) is 34.4 Å². The molecule has 1 aromatic carbocycles. The molecule has 2 aromatic heterocycles. The lowest BCUT2D eigenvalue weighted by Gasteiger charge is -2.33. The van der Waals surface area contributed by atoms with Gasteiger partial charge < -0.3 is 14.6 Å². The number of hydrogen-bond acceptors (Lipinski definition) is 6. The molecule has 33 heavy (non-hydrogen) atoms. The third-order valence-corrected chi connectivity index (χ3v) is 8.20. The fourth-order valence-electron chi connectivity index (χ4n) is 5.01. The number of aromatic nitrogens is 1. The number of ether oxygens (including phenoxy) is 1. The third kappa shape index (κ3) is 3.72. The molecule has 0 saturated heterocycles. The van der Waals surface area contributed by atoms with Crippen molar-refractivity contribution in [2.24, 2.45) is 11.3 Å². The van der Waals surface area contributed by atoms with Crippen LogP contribution in [0.5, 0.6) is 5.75 Å². The number of thiophene rings is 1. The van der Waals surface area contributed by atoms with Crippen LogP contribution in [0.2, 0.25) is 0 Å². The monoisotopic (exact) mass is 461 g/mol. The second-order valence-electron chi connectivity index (χ2n) is 9.94. The first kappa shape index (κ1) is 21.7. The van der Waals surface area contributed by atoms with Gasteiger partial charge in [-0.2, -0.15) is 5.26 Å². The topological polar surface area (TPSA) is 88.1 Å². The highest BCUT2D eigenvalue weighted by Gasteiger charge is 2.33. The Labute approximate surface area is 197 Å². The largest absolute Gasteiger partial charge is 0.497 e. The van der Waals surface area contributed by atoms with Crippen LogP contribution >= 0.6 is 11.3 Å². The lowest BCUT2D eigenvalue weighted by molar-refractivity contribution is 0.101. The van der Waals surface area contributed by atoms with Gasteiger partial charge in [0, 0.05) is 16.0 Å². The minimum Gasteiger partial charge on any atom is -0.497 e. The Hall–Kier alpha value is -3.11. The number of methoxy groups -OCH3 is 1. The molecule has 1 N–H and O–H groups in total. The summed E-state index contributed by atoms with van der Waals surface area (Å²) in [7, 11) is 1.65. The Balaban J connectivity index is 1.43. The number of rotatable bonds is 3. The van der Waals surface area contributed by atoms with Crippen molar-refractivity contribution in [1.82, 2.24) is 5.16 Å². The molecule has 0 aliphatic heterocycles. The number of nitrogens with one attached hydrogen (secondary N) is 1. The lowest BCUT2D eigenvalue weighted by Crippen LogP contribution is -2.26. The van der Waals surface area contributed by atoms with Crippen LogP contribution in [0.3, 0.4) is 0 Å². The summed E-state index contributed by atoms with van der Waals surface area (Å²) in [6.45, 7) is 6.81. The van der Waals surface area contributed by atoms with Crippen LogP contribution in [0.1, 0.15) is 64.8 Å². The average Bonchev–Trinajstić information content (AvgIpc) is 3.38. The normalized spacial score (nSPS) is 16.9. The summed E-state index contributed by atoms with van der Waals surface area (Å²) in [5, 5.41) is 17.6. The van der Waals surface area contributed by atoms with E-state index in [1.807, 2.05) is 18.2 Å². The second-order valence-corrected chi connectivity index (χ2v) is 11.0. The predicted molar refractivity (Wildman–Crippen MR) is 128 cm³/mol. The molecule has 0 radical (unpaired) electrons. The summed E-state index contributed by atoms with van der Waals surface area (Å²) in [5.74, 6) is 1.69. The molecule has 1 atom stereocenters. The van der Waals surface area contributed by atoms with E-state index in [4.69, 9.17) is 9.26 Å². The van der Waals surface area contributed by atoms with Gasteiger partial charge in [0.2, 0.25) is 0 Å². The highest BCUT2D eigenvalue weighted by atomic mass is 32.1. The van der Waals surface area contributed by atoms with Crippen LogP contribution in [0, 0.1) is 22.7 Å². The van der Waals surface area contributed by atoms with E-state index < -0.39 is 0 Å². The quantitative estimate of drug-likeness (QED) is 0.534. The van der Waals surface area contributed by atoms with E-state index in [2.05, 4.69) is 37.3 Å². The molecule has 170 valence electrons. The fraction of sp³-hybridized carbons (Fsp3) is 0.423. The van der Waals surface area contributed by atoms with E-state index in [1.165, 1.54) is 16.2 Å². The van der Waals surface area contributed by atoms with Gasteiger partial charge in [0.25, 0.3) is 5.91 Å². The molecule has 0 fully saturated rings. The number of benzene rings is 1. The van der Waals surface area contributed by atoms with Crippen molar-refractivity contribution in [3.05, 3.63) is 51.0 Å². The molecule has 5 rings (SSSR count). The summed E-state index contributed by atoms with van der Waals surface area (Å²) in [4.78, 5) is 14.4. The van der Waals surface area contributed by atoms with Gasteiger partial charge in [-0.1, -0.05) is 25.9 Å². The number of aryl methyl sites for hydroxylation is 1. The van der Waals surface area contributed by atoms with Crippen molar-refractivity contribution in [1.29, 1.82) is 5.26 Å². The Kier molecular flexibility index (Phi) is 5.29. The Bertz CT molecular complexity index is 1290. The van der Waals surface area contributed by atoms with E-state index in [9.17, 15) is 10.1 Å². The van der Waals surface area contributed by atoms with Crippen molar-refractivity contribution >= 4 is 22.2 Å². The number of fused-ring (bicyclic) bond motifs is 4. The molecule has 0 saturated carbocycles. The minimum absolute atomic E-state index is 0.220. The Morgan fingerprint density at radius 2 is 2.09 bits per heavy atom. The summed E-state index contributed by atoms with van der Waals surface area (Å²) >= 11 is 1.54. The van der Waals surface area contributed by atoms with Crippen LogP contribution in [-0.4, -0.2) is 18.2 Å². The molecule has 2 heterocycles. The number of carbonyl (C=O) groups excluding carboxylic acids is 1. The fourth-order valence-corrected chi connectivity index (χ4v) is 6.28. The number of nitrogens with zero attached hydrogens (tertiary/aromatic N) is 2. The lowest BCUT2D eigenvalue weighted by atomic mass is 9.72. The number of amides is 1. The SMILES string of the molecule is COc1ccc2c(c1)CCc1c(C(=O)Nc3sc4c(c3C#N)CC[C@H](C(C)(C)C)C4)noc1-2. The maximum atomic E-state index is 13.2. The third-order valence-electron chi connectivity index (χ3n) is 7.03. The van der Waals surface area contributed by atoms with E-state index in [-0.39, 0.29) is 11.3 Å². The van der Waals surface area contributed by atoms with Crippen LogP contribution in [-0.2, 0) is 25.7 Å². The first-order chi connectivity index (χ1) is 15.8. The van der Waals surface area contributed by atoms with Gasteiger partial charge >= 0.3 is 0 Å². The summed E-state index contributed by atoms with van der Waals surface area (Å²) in [6.07, 6.45) is 4.35. The number of nitriles is 1. The molecule has 1 amide bonds. The first-order valence-corrected chi connectivity index (χ1v) is 12.1. The smallest absolute Gasteiger partial charge is 0.278 e. The molecule has 7 heteroatoms. The van der Waals surface area contributed by atoms with Gasteiger partial charge in [0.15, 0.2) is 11.5 Å². The van der Waals surface area contributed by atoms with Crippen molar-refractivity contribution < 1.29 is 14.1 Å². The zero-order valence-electron chi connectivity index (χ0n) is 19.4. The number of anilines is 1. The van der Waals surface area contributed by atoms with Crippen LogP contribution < -0.4 is 10.1 Å². The Morgan fingerprint density at radius 1 is 1.27 bits per heavy atom. The van der Waals surface area contributed by atoms with Crippen molar-refractivity contribution in [2.45, 2.75) is 52.9 Å². The summed E-state index contributed by atoms with van der Waals surface area (Å²) in [6, 6.07) is 8.17. The van der Waals surface area contributed by atoms with Gasteiger partial charge in [-0.3, -0.25) is 4.79 Å². The van der Waals surface area contributed by atoms with Gasteiger partial charge in [-0.15, -0.1) is 11.3 Å². The Morgan fingerprint density at radius 3 is 2.82 bits per heavy atom. The molecule has 0 bridgehead atoms. The van der Waals surface area contributed by atoms with E-state index >= 15 is 0 Å². The zero-order valence-corrected chi connectivity index (χ0v) is 20.2. The molecule has 6 nitrogen and oxygen atoms in total. The highest BCUT2D eigenvalue weighted by Crippen LogP contribution is 2.44. The molecular formula is C26H27N3O3S. The van der Waals surface area contributed by atoms with E-state index in [1.54, 1.807) is 7.11 Å². The molecule has 0 unspecified atom stereocenters. The minimum atomic E-state index is -0.320. The van der Waals surface area contributed by atoms with Gasteiger partial charge in [0.05, 0.1) is 12.7 Å². The van der Waals surface area contributed by atoms with Gasteiger partial charge in [0.1, 0.15) is 16.8 Å². The maximum Gasteiger partial charge on any atom is 0.278 e. The highest BCUT2D eigenvalue weighted by molar-refractivity contribution is 7.16.